The number of nitrogens with zero attached hydrogens (tertiary/aromatic N) is 2. The zero-order chi connectivity index (χ0) is 21.4. The number of aromatic nitrogens is 2. The number of amides is 1. The lowest BCUT2D eigenvalue weighted by molar-refractivity contribution is 0.0951. The Morgan fingerprint density at radius 3 is 2.30 bits per heavy atom. The molecule has 4 rings (SSSR count). The molecule has 8 nitrogen and oxygen atoms in total. The van der Waals surface area contributed by atoms with Gasteiger partial charge in [0.25, 0.3) is 11.5 Å². The Morgan fingerprint density at radius 2 is 1.70 bits per heavy atom. The monoisotopic (exact) mass is 409 g/mol. The number of methoxy groups -OCH3 is 2. The fourth-order valence-electron chi connectivity index (χ4n) is 3.41. The number of fused-ring (bicyclic) bond motifs is 1. The van der Waals surface area contributed by atoms with Crippen molar-refractivity contribution in [2.75, 3.05) is 14.2 Å². The van der Waals surface area contributed by atoms with E-state index in [-0.39, 0.29) is 18.5 Å². The van der Waals surface area contributed by atoms with Crippen LogP contribution >= 0.6 is 0 Å². The summed E-state index contributed by atoms with van der Waals surface area (Å²) in [4.78, 5) is 38.1. The molecule has 1 amide bonds. The fraction of sp³-hybridized carbons (Fsp3) is 0.318. The van der Waals surface area contributed by atoms with Gasteiger partial charge in [0.2, 0.25) is 0 Å². The summed E-state index contributed by atoms with van der Waals surface area (Å²) in [6, 6.07) is 10.4. The van der Waals surface area contributed by atoms with Gasteiger partial charge >= 0.3 is 5.69 Å². The van der Waals surface area contributed by atoms with Gasteiger partial charge in [0.05, 0.1) is 31.7 Å². The van der Waals surface area contributed by atoms with Crippen molar-refractivity contribution in [3.63, 3.8) is 0 Å². The number of hydrogen-bond donors (Lipinski definition) is 1. The van der Waals surface area contributed by atoms with E-state index < -0.39 is 11.2 Å². The molecule has 0 bridgehead atoms. The van der Waals surface area contributed by atoms with Gasteiger partial charge < -0.3 is 14.8 Å². The lowest BCUT2D eigenvalue weighted by Crippen LogP contribution is -2.39. The van der Waals surface area contributed by atoms with Gasteiger partial charge in [-0.05, 0) is 36.6 Å². The molecule has 3 aromatic rings. The molecule has 1 fully saturated rings. The molecule has 8 heteroatoms. The molecule has 1 aromatic heterocycles. The van der Waals surface area contributed by atoms with Crippen molar-refractivity contribution in [3.8, 4) is 11.5 Å². The number of aryl methyl sites for hydroxylation is 1. The van der Waals surface area contributed by atoms with E-state index in [1.165, 1.54) is 23.4 Å². The third-order valence-electron chi connectivity index (χ3n) is 5.33. The number of benzene rings is 2. The Morgan fingerprint density at radius 1 is 1.07 bits per heavy atom. The van der Waals surface area contributed by atoms with E-state index in [4.69, 9.17) is 9.47 Å². The molecule has 2 aromatic carbocycles. The number of nitrogens with one attached hydrogen (secondary N) is 1. The summed E-state index contributed by atoms with van der Waals surface area (Å²) in [5, 5.41) is 3.29. The summed E-state index contributed by atoms with van der Waals surface area (Å²) < 4.78 is 13.2. The molecule has 1 heterocycles. The lowest BCUT2D eigenvalue weighted by Gasteiger charge is -2.14. The number of rotatable bonds is 6. The summed E-state index contributed by atoms with van der Waals surface area (Å²) in [6.07, 6.45) is 2.04. The predicted octanol–water partition coefficient (Wildman–Crippen LogP) is 1.66. The molecule has 1 N–H and O–H groups in total. The molecule has 0 radical (unpaired) electrons. The molecule has 0 atom stereocenters. The van der Waals surface area contributed by atoms with Crippen molar-refractivity contribution >= 4 is 16.8 Å². The van der Waals surface area contributed by atoms with Gasteiger partial charge in [-0.25, -0.2) is 4.79 Å². The normalized spacial score (nSPS) is 13.3. The topological polar surface area (TPSA) is 91.6 Å². The van der Waals surface area contributed by atoms with Crippen LogP contribution in [0.5, 0.6) is 11.5 Å². The van der Waals surface area contributed by atoms with E-state index in [1.54, 1.807) is 43.4 Å². The van der Waals surface area contributed by atoms with Crippen molar-refractivity contribution in [3.05, 3.63) is 68.4 Å². The second-order valence-corrected chi connectivity index (χ2v) is 7.40. The van der Waals surface area contributed by atoms with E-state index in [2.05, 4.69) is 5.32 Å². The predicted molar refractivity (Wildman–Crippen MR) is 113 cm³/mol. The molecule has 1 aliphatic rings. The van der Waals surface area contributed by atoms with Gasteiger partial charge in [-0.1, -0.05) is 12.1 Å². The maximum Gasteiger partial charge on any atom is 0.331 e. The first-order valence-corrected chi connectivity index (χ1v) is 9.68. The van der Waals surface area contributed by atoms with Gasteiger partial charge in [-0.2, -0.15) is 0 Å². The largest absolute Gasteiger partial charge is 0.493 e. The highest BCUT2D eigenvalue weighted by Gasteiger charge is 2.23. The quantitative estimate of drug-likeness (QED) is 0.669. The minimum Gasteiger partial charge on any atom is -0.493 e. The molecular weight excluding hydrogens is 386 g/mol. The first kappa shape index (κ1) is 19.8. The van der Waals surface area contributed by atoms with Crippen molar-refractivity contribution in [2.24, 2.45) is 7.05 Å². The maximum atomic E-state index is 13.1. The van der Waals surface area contributed by atoms with Gasteiger partial charge in [0.1, 0.15) is 0 Å². The smallest absolute Gasteiger partial charge is 0.331 e. The highest BCUT2D eigenvalue weighted by Crippen LogP contribution is 2.30. The fourth-order valence-corrected chi connectivity index (χ4v) is 3.41. The third kappa shape index (κ3) is 3.56. The Balaban J connectivity index is 1.71. The van der Waals surface area contributed by atoms with Gasteiger partial charge in [-0.15, -0.1) is 0 Å². The van der Waals surface area contributed by atoms with Crippen LogP contribution in [0, 0.1) is 0 Å². The highest BCUT2D eigenvalue weighted by molar-refractivity contribution is 5.94. The molecule has 0 spiro atoms. The SMILES string of the molecule is COc1cc2c(=O)n(Cc3ccc(C(=O)NC4CC4)cc3)c(=O)n(C)c2cc1OC. The second kappa shape index (κ2) is 7.70. The second-order valence-electron chi connectivity index (χ2n) is 7.40. The van der Waals surface area contributed by atoms with Crippen molar-refractivity contribution in [1.82, 2.24) is 14.5 Å². The molecular formula is C22H23N3O5. The first-order chi connectivity index (χ1) is 14.4. The Kier molecular flexibility index (Phi) is 5.07. The average molecular weight is 409 g/mol. The first-order valence-electron chi connectivity index (χ1n) is 9.68. The lowest BCUT2D eigenvalue weighted by atomic mass is 10.1. The average Bonchev–Trinajstić information content (AvgIpc) is 3.58. The van der Waals surface area contributed by atoms with Crippen molar-refractivity contribution in [1.29, 1.82) is 0 Å². The van der Waals surface area contributed by atoms with Gasteiger partial charge in [-0.3, -0.25) is 18.7 Å². The minimum atomic E-state index is -0.435. The standard InChI is InChI=1S/C22H23N3O5/c1-24-17-11-19(30-3)18(29-2)10-16(17)21(27)25(22(24)28)12-13-4-6-14(7-5-13)20(26)23-15-8-9-15/h4-7,10-11,15H,8-9,12H2,1-3H3,(H,23,26). The molecule has 0 saturated heterocycles. The minimum absolute atomic E-state index is 0.0975. The summed E-state index contributed by atoms with van der Waals surface area (Å²) in [5.74, 6) is 0.749. The summed E-state index contributed by atoms with van der Waals surface area (Å²) in [7, 11) is 4.60. The van der Waals surface area contributed by atoms with Crippen LogP contribution < -0.4 is 26.0 Å². The van der Waals surface area contributed by atoms with Crippen LogP contribution in [-0.2, 0) is 13.6 Å². The molecule has 1 aliphatic carbocycles. The molecule has 156 valence electrons. The zero-order valence-corrected chi connectivity index (χ0v) is 17.1. The van der Waals surface area contributed by atoms with Gasteiger partial charge in [0, 0.05) is 24.7 Å². The van der Waals surface area contributed by atoms with Crippen molar-refractivity contribution < 1.29 is 14.3 Å². The number of hydrogen-bond acceptors (Lipinski definition) is 5. The van der Waals surface area contributed by atoms with E-state index >= 15 is 0 Å². The summed E-state index contributed by atoms with van der Waals surface area (Å²) in [5.41, 5.74) is 0.920. The van der Waals surface area contributed by atoms with Crippen LogP contribution in [0.4, 0.5) is 0 Å². The molecule has 0 aliphatic heterocycles. The van der Waals surface area contributed by atoms with Crippen LogP contribution in [0.15, 0.2) is 46.0 Å². The van der Waals surface area contributed by atoms with Crippen molar-refractivity contribution in [2.45, 2.75) is 25.4 Å². The van der Waals surface area contributed by atoms with Crippen LogP contribution in [-0.4, -0.2) is 35.3 Å². The van der Waals surface area contributed by atoms with E-state index in [9.17, 15) is 14.4 Å². The number of ether oxygens (including phenoxy) is 2. The Hall–Kier alpha value is -3.55. The van der Waals surface area contributed by atoms with Crippen LogP contribution in [0.25, 0.3) is 10.9 Å². The third-order valence-corrected chi connectivity index (χ3v) is 5.33. The van der Waals surface area contributed by atoms with E-state index in [0.717, 1.165) is 18.4 Å². The molecule has 1 saturated carbocycles. The highest BCUT2D eigenvalue weighted by atomic mass is 16.5. The zero-order valence-electron chi connectivity index (χ0n) is 17.1. The summed E-state index contributed by atoms with van der Waals surface area (Å²) >= 11 is 0. The Labute approximate surface area is 172 Å². The Bertz CT molecular complexity index is 1240. The van der Waals surface area contributed by atoms with E-state index in [0.29, 0.717) is 28.0 Å². The number of carbonyl (C=O) groups excluding carboxylic acids is 1. The van der Waals surface area contributed by atoms with Crippen LogP contribution in [0.2, 0.25) is 0 Å². The maximum absolute atomic E-state index is 13.1. The van der Waals surface area contributed by atoms with Crippen LogP contribution in [0.1, 0.15) is 28.8 Å². The van der Waals surface area contributed by atoms with E-state index in [1.807, 2.05) is 0 Å². The summed E-state index contributed by atoms with van der Waals surface area (Å²) in [6.45, 7) is 0.0975. The number of carbonyl (C=O) groups is 1. The molecule has 0 unspecified atom stereocenters. The van der Waals surface area contributed by atoms with Crippen LogP contribution in [0.3, 0.4) is 0 Å². The van der Waals surface area contributed by atoms with Gasteiger partial charge in [0.15, 0.2) is 11.5 Å². The molecule has 30 heavy (non-hydrogen) atoms.